The minimum atomic E-state index is -5.05. The van der Waals surface area contributed by atoms with Crippen LogP contribution in [0.15, 0.2) is 78.9 Å². The predicted molar refractivity (Wildman–Crippen MR) is 139 cm³/mol. The van der Waals surface area contributed by atoms with Gasteiger partial charge in [-0.3, -0.25) is 14.5 Å². The van der Waals surface area contributed by atoms with Gasteiger partial charge in [0.15, 0.2) is 5.78 Å². The first-order chi connectivity index (χ1) is 18.2. The van der Waals surface area contributed by atoms with Crippen molar-refractivity contribution in [1.82, 2.24) is 10.2 Å². The smallest absolute Gasteiger partial charge is 0.341 e. The van der Waals surface area contributed by atoms with Crippen molar-refractivity contribution in [2.75, 3.05) is 24.5 Å². The number of alkyl halides is 3. The summed E-state index contributed by atoms with van der Waals surface area (Å²) in [6, 6.07) is 23.9. The number of benzene rings is 3. The van der Waals surface area contributed by atoms with Crippen LogP contribution in [-0.2, 0) is 11.3 Å². The summed E-state index contributed by atoms with van der Waals surface area (Å²) in [4.78, 5) is 40.3. The first kappa shape index (κ1) is 26.9. The summed E-state index contributed by atoms with van der Waals surface area (Å²) in [6.07, 6.45) is -2.05. The van der Waals surface area contributed by atoms with E-state index in [2.05, 4.69) is 0 Å². The van der Waals surface area contributed by atoms with Crippen molar-refractivity contribution < 1.29 is 27.6 Å². The van der Waals surface area contributed by atoms with E-state index in [1.54, 1.807) is 22.3 Å². The van der Waals surface area contributed by atoms with Crippen molar-refractivity contribution >= 4 is 23.4 Å². The Bertz CT molecular complexity index is 1250. The molecule has 0 unspecified atom stereocenters. The van der Waals surface area contributed by atoms with Crippen LogP contribution in [0.2, 0.25) is 0 Å². The van der Waals surface area contributed by atoms with Crippen molar-refractivity contribution in [3.8, 4) is 11.1 Å². The Kier molecular flexibility index (Phi) is 8.45. The van der Waals surface area contributed by atoms with E-state index in [4.69, 9.17) is 0 Å². The average molecular weight is 524 g/mol. The fourth-order valence-electron chi connectivity index (χ4n) is 4.33. The third kappa shape index (κ3) is 6.79. The van der Waals surface area contributed by atoms with Gasteiger partial charge in [0, 0.05) is 24.3 Å². The Labute approximate surface area is 219 Å². The van der Waals surface area contributed by atoms with E-state index in [1.165, 1.54) is 12.1 Å². The molecule has 0 saturated carbocycles. The van der Waals surface area contributed by atoms with Gasteiger partial charge in [0.05, 0.1) is 13.1 Å². The molecule has 198 valence electrons. The van der Waals surface area contributed by atoms with Crippen LogP contribution in [0, 0.1) is 0 Å². The molecule has 3 aromatic rings. The molecule has 1 fully saturated rings. The van der Waals surface area contributed by atoms with E-state index in [-0.39, 0.29) is 18.1 Å². The Morgan fingerprint density at radius 1 is 0.789 bits per heavy atom. The molecule has 1 saturated heterocycles. The van der Waals surface area contributed by atoms with Crippen LogP contribution in [0.25, 0.3) is 11.1 Å². The molecule has 0 aromatic heterocycles. The second kappa shape index (κ2) is 11.9. The zero-order chi connectivity index (χ0) is 27.1. The van der Waals surface area contributed by atoms with Gasteiger partial charge < -0.3 is 10.2 Å². The lowest BCUT2D eigenvalue weighted by Crippen LogP contribution is -2.45. The quantitative estimate of drug-likeness (QED) is 0.397. The lowest BCUT2D eigenvalue weighted by molar-refractivity contribution is -0.173. The number of hydrogen-bond acceptors (Lipinski definition) is 3. The van der Waals surface area contributed by atoms with Gasteiger partial charge in [-0.1, -0.05) is 66.7 Å². The Hall–Kier alpha value is -4.14. The van der Waals surface area contributed by atoms with E-state index in [0.29, 0.717) is 13.1 Å². The number of carbonyl (C=O) groups is 3. The number of likely N-dealkylation sites (tertiary alicyclic amines) is 1. The molecule has 1 aliphatic heterocycles. The SMILES string of the molecule is O=C(CNC(=O)C(F)(F)F)c1ccc(CN(C(=O)N2CCCCC2)c2ccc(-c3ccccc3)cc2)cc1. The van der Waals surface area contributed by atoms with Gasteiger partial charge in [0.2, 0.25) is 0 Å². The lowest BCUT2D eigenvalue weighted by atomic mass is 10.0. The van der Waals surface area contributed by atoms with Crippen LogP contribution < -0.4 is 10.2 Å². The van der Waals surface area contributed by atoms with Crippen LogP contribution in [0.1, 0.15) is 35.2 Å². The Balaban J connectivity index is 1.50. The summed E-state index contributed by atoms with van der Waals surface area (Å²) < 4.78 is 37.1. The number of Topliss-reactive ketones (excluding diaryl/α,β-unsaturated/α-hetero) is 1. The van der Waals surface area contributed by atoms with Crippen molar-refractivity contribution in [2.45, 2.75) is 32.0 Å². The summed E-state index contributed by atoms with van der Waals surface area (Å²) in [5.74, 6) is -2.81. The second-order valence-corrected chi connectivity index (χ2v) is 9.13. The molecule has 4 rings (SSSR count). The summed E-state index contributed by atoms with van der Waals surface area (Å²) in [7, 11) is 0. The summed E-state index contributed by atoms with van der Waals surface area (Å²) in [5.41, 5.74) is 3.74. The highest BCUT2D eigenvalue weighted by Crippen LogP contribution is 2.26. The zero-order valence-corrected chi connectivity index (χ0v) is 20.7. The van der Waals surface area contributed by atoms with Crippen LogP contribution in [0.3, 0.4) is 0 Å². The first-order valence-electron chi connectivity index (χ1n) is 12.4. The molecule has 0 bridgehead atoms. The number of nitrogens with zero attached hydrogens (tertiary/aromatic N) is 2. The fourth-order valence-corrected chi connectivity index (χ4v) is 4.33. The van der Waals surface area contributed by atoms with E-state index in [9.17, 15) is 27.6 Å². The highest BCUT2D eigenvalue weighted by atomic mass is 19.4. The molecule has 9 heteroatoms. The maximum Gasteiger partial charge on any atom is 0.471 e. The fraction of sp³-hybridized carbons (Fsp3) is 0.276. The highest BCUT2D eigenvalue weighted by molar-refractivity contribution is 6.00. The number of rotatable bonds is 7. The summed E-state index contributed by atoms with van der Waals surface area (Å²) in [6.45, 7) is 0.868. The number of ketones is 1. The molecule has 0 atom stereocenters. The van der Waals surface area contributed by atoms with Crippen molar-refractivity contribution in [1.29, 1.82) is 0 Å². The maximum atomic E-state index is 13.5. The van der Waals surface area contributed by atoms with Gasteiger partial charge in [-0.2, -0.15) is 13.2 Å². The number of nitrogens with one attached hydrogen (secondary N) is 1. The van der Waals surface area contributed by atoms with E-state index < -0.39 is 24.4 Å². The molecule has 3 amide bonds. The molecule has 0 radical (unpaired) electrons. The predicted octanol–water partition coefficient (Wildman–Crippen LogP) is 5.83. The summed E-state index contributed by atoms with van der Waals surface area (Å²) >= 11 is 0. The number of carbonyl (C=O) groups excluding carboxylic acids is 3. The third-order valence-electron chi connectivity index (χ3n) is 6.43. The largest absolute Gasteiger partial charge is 0.471 e. The minimum absolute atomic E-state index is 0.104. The maximum absolute atomic E-state index is 13.5. The third-order valence-corrected chi connectivity index (χ3v) is 6.43. The number of anilines is 1. The van der Waals surface area contributed by atoms with Crippen molar-refractivity contribution in [2.24, 2.45) is 0 Å². The van der Waals surface area contributed by atoms with E-state index in [0.717, 1.165) is 41.6 Å². The van der Waals surface area contributed by atoms with Crippen LogP contribution in [0.5, 0.6) is 0 Å². The monoisotopic (exact) mass is 523 g/mol. The number of halogens is 3. The minimum Gasteiger partial charge on any atom is -0.341 e. The molecule has 0 spiro atoms. The highest BCUT2D eigenvalue weighted by Gasteiger charge is 2.38. The van der Waals surface area contributed by atoms with Crippen LogP contribution in [-0.4, -0.2) is 48.4 Å². The lowest BCUT2D eigenvalue weighted by Gasteiger charge is -2.33. The van der Waals surface area contributed by atoms with Gasteiger partial charge in [-0.05, 0) is 48.1 Å². The molecular weight excluding hydrogens is 495 g/mol. The van der Waals surface area contributed by atoms with Gasteiger partial charge in [0.1, 0.15) is 0 Å². The molecule has 3 aromatic carbocycles. The average Bonchev–Trinajstić information content (AvgIpc) is 2.95. The van der Waals surface area contributed by atoms with Gasteiger partial charge >= 0.3 is 18.1 Å². The zero-order valence-electron chi connectivity index (χ0n) is 20.7. The molecule has 38 heavy (non-hydrogen) atoms. The molecule has 6 nitrogen and oxygen atoms in total. The molecule has 1 N–H and O–H groups in total. The standard InChI is InChI=1S/C29H28F3N3O3/c30-29(31,32)27(37)33-19-26(36)24-11-9-21(10-12-24)20-35(28(38)34-17-5-2-6-18-34)25-15-13-23(14-16-25)22-7-3-1-4-8-22/h1,3-4,7-16H,2,5-6,17-20H2,(H,33,37). The Morgan fingerprint density at radius 3 is 2.00 bits per heavy atom. The van der Waals surface area contributed by atoms with Gasteiger partial charge in [-0.15, -0.1) is 0 Å². The van der Waals surface area contributed by atoms with Gasteiger partial charge in [0.25, 0.3) is 0 Å². The van der Waals surface area contributed by atoms with Crippen molar-refractivity contribution in [3.63, 3.8) is 0 Å². The summed E-state index contributed by atoms with van der Waals surface area (Å²) in [5, 5.41) is 1.58. The first-order valence-corrected chi connectivity index (χ1v) is 12.4. The van der Waals surface area contributed by atoms with Crippen molar-refractivity contribution in [3.05, 3.63) is 90.0 Å². The second-order valence-electron chi connectivity index (χ2n) is 9.13. The number of hydrogen-bond donors (Lipinski definition) is 1. The number of amides is 3. The van der Waals surface area contributed by atoms with Crippen LogP contribution in [0.4, 0.5) is 23.7 Å². The molecular formula is C29H28F3N3O3. The topological polar surface area (TPSA) is 69.7 Å². The molecule has 0 aliphatic carbocycles. The number of urea groups is 1. The van der Waals surface area contributed by atoms with Crippen LogP contribution >= 0.6 is 0 Å². The van der Waals surface area contributed by atoms with E-state index in [1.807, 2.05) is 59.5 Å². The number of piperidine rings is 1. The molecule has 1 aliphatic rings. The Morgan fingerprint density at radius 2 is 1.39 bits per heavy atom. The van der Waals surface area contributed by atoms with Gasteiger partial charge in [-0.25, -0.2) is 4.79 Å². The molecule has 1 heterocycles. The normalized spacial score (nSPS) is 13.6. The van der Waals surface area contributed by atoms with E-state index >= 15 is 0 Å².